The van der Waals surface area contributed by atoms with Gasteiger partial charge in [0.25, 0.3) is 0 Å². The number of halogens is 1. The molecule has 1 amide bonds. The van der Waals surface area contributed by atoms with Crippen LogP contribution in [0.4, 0.5) is 4.39 Å². The smallest absolute Gasteiger partial charge is 0.220 e. The van der Waals surface area contributed by atoms with E-state index in [-0.39, 0.29) is 11.7 Å². The highest BCUT2D eigenvalue weighted by Gasteiger charge is 2.13. The Labute approximate surface area is 182 Å². The molecule has 0 radical (unpaired) electrons. The van der Waals surface area contributed by atoms with Crippen LogP contribution < -0.4 is 5.32 Å². The molecule has 0 saturated carbocycles. The van der Waals surface area contributed by atoms with Crippen molar-refractivity contribution in [2.75, 3.05) is 6.54 Å². The lowest BCUT2D eigenvalue weighted by molar-refractivity contribution is -0.121. The molecule has 2 aromatic heterocycles. The van der Waals surface area contributed by atoms with E-state index >= 15 is 0 Å². The number of aryl methyl sites for hydroxylation is 1. The van der Waals surface area contributed by atoms with E-state index in [1.807, 2.05) is 12.1 Å². The zero-order valence-electron chi connectivity index (χ0n) is 17.8. The highest BCUT2D eigenvalue weighted by atomic mass is 19.1. The predicted octanol–water partition coefficient (Wildman–Crippen LogP) is 4.95. The molecule has 1 aliphatic rings. The molecule has 0 atom stereocenters. The summed E-state index contributed by atoms with van der Waals surface area (Å²) in [7, 11) is 0. The van der Waals surface area contributed by atoms with Gasteiger partial charge in [-0.3, -0.25) is 4.79 Å². The highest BCUT2D eigenvalue weighted by molar-refractivity contribution is 5.76. The van der Waals surface area contributed by atoms with E-state index in [0.717, 1.165) is 41.9 Å². The number of hydrogen-bond donors (Lipinski definition) is 1. The summed E-state index contributed by atoms with van der Waals surface area (Å²) >= 11 is 0. The number of amides is 1. The summed E-state index contributed by atoms with van der Waals surface area (Å²) in [5, 5.41) is 3.05. The molecular weight excluding hydrogens is 391 g/mol. The zero-order chi connectivity index (χ0) is 21.5. The number of pyridine rings is 1. The number of rotatable bonds is 9. The molecule has 0 fully saturated rings. The van der Waals surface area contributed by atoms with E-state index in [4.69, 9.17) is 4.98 Å². The van der Waals surface area contributed by atoms with E-state index in [9.17, 15) is 9.18 Å². The third-order valence-corrected chi connectivity index (χ3v) is 5.79. The molecular formula is C25H29FN4O. The maximum atomic E-state index is 13.3. The number of hydrogen-bond acceptors (Lipinski definition) is 3. The summed E-state index contributed by atoms with van der Waals surface area (Å²) in [5.41, 5.74) is 4.12. The fraction of sp³-hybridized carbons (Fsp3) is 0.400. The van der Waals surface area contributed by atoms with Crippen LogP contribution in [0.5, 0.6) is 0 Å². The first kappa shape index (κ1) is 21.2. The Kier molecular flexibility index (Phi) is 7.07. The third-order valence-electron chi connectivity index (χ3n) is 5.79. The summed E-state index contributed by atoms with van der Waals surface area (Å²) in [5.74, 6) is 0.747. The van der Waals surface area contributed by atoms with Crippen molar-refractivity contribution in [3.63, 3.8) is 0 Å². The second kappa shape index (κ2) is 10.3. The van der Waals surface area contributed by atoms with Gasteiger partial charge in [-0.1, -0.05) is 23.8 Å². The second-order valence-corrected chi connectivity index (χ2v) is 8.15. The van der Waals surface area contributed by atoms with Gasteiger partial charge < -0.3 is 9.88 Å². The third kappa shape index (κ3) is 5.78. The van der Waals surface area contributed by atoms with Gasteiger partial charge in [0.1, 0.15) is 17.2 Å². The van der Waals surface area contributed by atoms with E-state index in [0.29, 0.717) is 19.4 Å². The molecule has 0 aliphatic heterocycles. The Bertz CT molecular complexity index is 1060. The Balaban J connectivity index is 1.33. The Morgan fingerprint density at radius 3 is 2.81 bits per heavy atom. The molecule has 5 nitrogen and oxygen atoms in total. The van der Waals surface area contributed by atoms with Crippen molar-refractivity contribution < 1.29 is 9.18 Å². The highest BCUT2D eigenvalue weighted by Crippen LogP contribution is 2.20. The van der Waals surface area contributed by atoms with Crippen molar-refractivity contribution in [2.24, 2.45) is 0 Å². The van der Waals surface area contributed by atoms with E-state index < -0.39 is 0 Å². The molecule has 1 aromatic carbocycles. The first-order chi connectivity index (χ1) is 15.2. The van der Waals surface area contributed by atoms with Crippen molar-refractivity contribution in [3.8, 4) is 0 Å². The molecule has 2 heterocycles. The van der Waals surface area contributed by atoms with E-state index in [1.54, 1.807) is 18.3 Å². The fourth-order valence-electron chi connectivity index (χ4n) is 4.12. The maximum Gasteiger partial charge on any atom is 0.220 e. The standard InChI is InChI=1S/C25H29FN4O/c26-21-13-11-20(12-14-21)18-30-23(29-22-8-5-16-28-25(22)30)9-4-10-24(31)27-17-15-19-6-2-1-3-7-19/h5-6,8,11-14,16H,1-4,7,9-10,15,17-18H2,(H,27,31). The van der Waals surface area contributed by atoms with Crippen LogP contribution in [0.25, 0.3) is 11.2 Å². The summed E-state index contributed by atoms with van der Waals surface area (Å²) < 4.78 is 15.3. The summed E-state index contributed by atoms with van der Waals surface area (Å²) in [6.45, 7) is 1.29. The van der Waals surface area contributed by atoms with Gasteiger partial charge in [0.05, 0.1) is 6.54 Å². The first-order valence-electron chi connectivity index (χ1n) is 11.2. The molecule has 162 valence electrons. The van der Waals surface area contributed by atoms with Crippen LogP contribution in [0.2, 0.25) is 0 Å². The monoisotopic (exact) mass is 420 g/mol. The topological polar surface area (TPSA) is 59.8 Å². The van der Waals surface area contributed by atoms with Gasteiger partial charge in [-0.15, -0.1) is 0 Å². The molecule has 0 spiro atoms. The van der Waals surface area contributed by atoms with Gasteiger partial charge in [-0.05, 0) is 68.4 Å². The maximum absolute atomic E-state index is 13.3. The van der Waals surface area contributed by atoms with Gasteiger partial charge in [-0.2, -0.15) is 0 Å². The quantitative estimate of drug-likeness (QED) is 0.499. The summed E-state index contributed by atoms with van der Waals surface area (Å²) in [6, 6.07) is 10.3. The average molecular weight is 421 g/mol. The minimum Gasteiger partial charge on any atom is -0.356 e. The van der Waals surface area contributed by atoms with Crippen molar-refractivity contribution in [1.82, 2.24) is 19.9 Å². The first-order valence-corrected chi connectivity index (χ1v) is 11.2. The van der Waals surface area contributed by atoms with E-state index in [2.05, 4.69) is 20.9 Å². The Morgan fingerprint density at radius 1 is 1.13 bits per heavy atom. The lowest BCUT2D eigenvalue weighted by atomic mass is 9.97. The van der Waals surface area contributed by atoms with Crippen LogP contribution in [0.1, 0.15) is 56.3 Å². The van der Waals surface area contributed by atoms with Crippen LogP contribution in [0, 0.1) is 5.82 Å². The van der Waals surface area contributed by atoms with Crippen molar-refractivity contribution >= 4 is 17.1 Å². The number of benzene rings is 1. The molecule has 0 bridgehead atoms. The molecule has 31 heavy (non-hydrogen) atoms. The molecule has 0 saturated heterocycles. The normalized spacial score (nSPS) is 13.9. The van der Waals surface area contributed by atoms with Crippen LogP contribution in [0.15, 0.2) is 54.2 Å². The minimum atomic E-state index is -0.247. The van der Waals surface area contributed by atoms with Crippen molar-refractivity contribution in [1.29, 1.82) is 0 Å². The van der Waals surface area contributed by atoms with Crippen LogP contribution in [-0.4, -0.2) is 27.0 Å². The molecule has 0 unspecified atom stereocenters. The zero-order valence-corrected chi connectivity index (χ0v) is 17.8. The van der Waals surface area contributed by atoms with Gasteiger partial charge in [0.15, 0.2) is 5.65 Å². The minimum absolute atomic E-state index is 0.0933. The largest absolute Gasteiger partial charge is 0.356 e. The van der Waals surface area contributed by atoms with Crippen LogP contribution in [0.3, 0.4) is 0 Å². The molecule has 3 aromatic rings. The number of aromatic nitrogens is 3. The van der Waals surface area contributed by atoms with E-state index in [1.165, 1.54) is 43.4 Å². The SMILES string of the molecule is O=C(CCCc1nc2cccnc2n1Cc1ccc(F)cc1)NCCC1=CCCCC1. The van der Waals surface area contributed by atoms with Gasteiger partial charge >= 0.3 is 0 Å². The number of fused-ring (bicyclic) bond motifs is 1. The van der Waals surface area contributed by atoms with Gasteiger partial charge in [0, 0.05) is 25.6 Å². The molecule has 1 N–H and O–H groups in total. The number of nitrogens with zero attached hydrogens (tertiary/aromatic N) is 3. The molecule has 4 rings (SSSR count). The Hall–Kier alpha value is -3.02. The predicted molar refractivity (Wildman–Crippen MR) is 120 cm³/mol. The van der Waals surface area contributed by atoms with Crippen LogP contribution >= 0.6 is 0 Å². The molecule has 1 aliphatic carbocycles. The van der Waals surface area contributed by atoms with Crippen LogP contribution in [-0.2, 0) is 17.8 Å². The number of carbonyl (C=O) groups excluding carboxylic acids is 1. The number of nitrogens with one attached hydrogen (secondary N) is 1. The van der Waals surface area contributed by atoms with Gasteiger partial charge in [-0.25, -0.2) is 14.4 Å². The second-order valence-electron chi connectivity index (χ2n) is 8.15. The number of carbonyl (C=O) groups is 1. The number of allylic oxidation sites excluding steroid dienone is 1. The summed E-state index contributed by atoms with van der Waals surface area (Å²) in [4.78, 5) is 21.5. The van der Waals surface area contributed by atoms with Crippen molar-refractivity contribution in [2.45, 2.75) is 57.9 Å². The lowest BCUT2D eigenvalue weighted by Gasteiger charge is -2.13. The average Bonchev–Trinajstić information content (AvgIpc) is 3.13. The van der Waals surface area contributed by atoms with Gasteiger partial charge in [0.2, 0.25) is 5.91 Å². The lowest BCUT2D eigenvalue weighted by Crippen LogP contribution is -2.24. The Morgan fingerprint density at radius 2 is 2.00 bits per heavy atom. The molecule has 6 heteroatoms. The number of imidazole rings is 1. The van der Waals surface area contributed by atoms with Crippen molar-refractivity contribution in [3.05, 3.63) is 71.4 Å². The fourth-order valence-corrected chi connectivity index (χ4v) is 4.12. The summed E-state index contributed by atoms with van der Waals surface area (Å²) in [6.07, 6.45) is 11.9.